The number of sulfonamides is 1. The first-order chi connectivity index (χ1) is 16.3. The van der Waals surface area contributed by atoms with E-state index in [4.69, 9.17) is 4.74 Å². The highest BCUT2D eigenvalue weighted by Crippen LogP contribution is 2.27. The van der Waals surface area contributed by atoms with Gasteiger partial charge in [0.05, 0.1) is 34.3 Å². The standard InChI is InChI=1S/C24H22N4O5S/c1-33-17-7-6-15-10-11-28(14-16(15)12-17)23(29)19-4-2-3-5-20(19)27-34(31,32)18-8-9-21-22(13-18)26-24(30)25-21/h2-9,12-13,27H,10-11,14H2,1H3,(H2,25,26,30). The number of nitrogens with zero attached hydrogens (tertiary/aromatic N) is 1. The van der Waals surface area contributed by atoms with Gasteiger partial charge in [-0.05, 0) is 60.0 Å². The van der Waals surface area contributed by atoms with Crippen LogP contribution < -0.4 is 15.1 Å². The van der Waals surface area contributed by atoms with E-state index in [9.17, 15) is 18.0 Å². The number of ether oxygens (including phenoxy) is 1. The molecule has 1 aliphatic rings. The van der Waals surface area contributed by atoms with Crippen LogP contribution in [-0.4, -0.2) is 42.8 Å². The average Bonchev–Trinajstić information content (AvgIpc) is 3.22. The molecule has 0 fully saturated rings. The Labute approximate surface area is 195 Å². The third-order valence-electron chi connectivity index (χ3n) is 5.91. The van der Waals surface area contributed by atoms with E-state index in [1.54, 1.807) is 36.3 Å². The third-order valence-corrected chi connectivity index (χ3v) is 7.28. The Bertz CT molecular complexity index is 1570. The minimum Gasteiger partial charge on any atom is -0.497 e. The van der Waals surface area contributed by atoms with Crippen LogP contribution in [0.4, 0.5) is 5.69 Å². The summed E-state index contributed by atoms with van der Waals surface area (Å²) in [7, 11) is -2.41. The van der Waals surface area contributed by atoms with Crippen LogP contribution in [0.3, 0.4) is 0 Å². The van der Waals surface area contributed by atoms with Crippen molar-refractivity contribution < 1.29 is 17.9 Å². The summed E-state index contributed by atoms with van der Waals surface area (Å²) in [5.41, 5.74) is 3.07. The number of carbonyl (C=O) groups is 1. The fraction of sp³-hybridized carbons (Fsp3) is 0.167. The third kappa shape index (κ3) is 4.03. The number of benzene rings is 3. The number of methoxy groups -OCH3 is 1. The number of nitrogens with one attached hydrogen (secondary N) is 3. The molecule has 0 unspecified atom stereocenters. The molecule has 3 N–H and O–H groups in total. The second-order valence-electron chi connectivity index (χ2n) is 8.05. The quantitative estimate of drug-likeness (QED) is 0.407. The molecule has 3 aromatic carbocycles. The van der Waals surface area contributed by atoms with Crippen molar-refractivity contribution >= 4 is 32.7 Å². The predicted octanol–water partition coefficient (Wildman–Crippen LogP) is 2.86. The van der Waals surface area contributed by atoms with Crippen molar-refractivity contribution in [1.29, 1.82) is 0 Å². The number of para-hydroxylation sites is 1. The maximum Gasteiger partial charge on any atom is 0.323 e. The fourth-order valence-electron chi connectivity index (χ4n) is 4.15. The minimum atomic E-state index is -4.01. The zero-order valence-electron chi connectivity index (χ0n) is 18.3. The molecule has 0 spiro atoms. The number of carbonyl (C=O) groups excluding carboxylic acids is 1. The fourth-order valence-corrected chi connectivity index (χ4v) is 5.25. The number of amides is 1. The molecule has 0 bridgehead atoms. The second-order valence-corrected chi connectivity index (χ2v) is 9.73. The Balaban J connectivity index is 1.42. The number of aromatic amines is 2. The average molecular weight is 479 g/mol. The molecule has 1 aliphatic heterocycles. The van der Waals surface area contributed by atoms with Crippen LogP contribution in [-0.2, 0) is 23.0 Å². The Morgan fingerprint density at radius 3 is 2.62 bits per heavy atom. The van der Waals surface area contributed by atoms with Gasteiger partial charge in [-0.25, -0.2) is 13.2 Å². The maximum atomic E-state index is 13.4. The lowest BCUT2D eigenvalue weighted by atomic mass is 9.98. The molecule has 1 amide bonds. The first-order valence-electron chi connectivity index (χ1n) is 10.6. The normalized spacial score (nSPS) is 13.5. The molecule has 2 heterocycles. The smallest absolute Gasteiger partial charge is 0.323 e. The van der Waals surface area contributed by atoms with E-state index >= 15 is 0 Å². The summed E-state index contributed by atoms with van der Waals surface area (Å²) >= 11 is 0. The molecule has 174 valence electrons. The lowest BCUT2D eigenvalue weighted by Gasteiger charge is -2.30. The van der Waals surface area contributed by atoms with E-state index < -0.39 is 15.7 Å². The van der Waals surface area contributed by atoms with Gasteiger partial charge in [0.1, 0.15) is 5.75 Å². The van der Waals surface area contributed by atoms with Gasteiger partial charge in [0.25, 0.3) is 15.9 Å². The summed E-state index contributed by atoms with van der Waals surface area (Å²) in [5.74, 6) is 0.458. The summed E-state index contributed by atoms with van der Waals surface area (Å²) < 4.78 is 34.0. The highest BCUT2D eigenvalue weighted by atomic mass is 32.2. The number of H-pyrrole nitrogens is 2. The van der Waals surface area contributed by atoms with Crippen molar-refractivity contribution in [2.75, 3.05) is 18.4 Å². The van der Waals surface area contributed by atoms with Gasteiger partial charge in [-0.15, -0.1) is 0 Å². The van der Waals surface area contributed by atoms with Gasteiger partial charge in [0, 0.05) is 13.1 Å². The summed E-state index contributed by atoms with van der Waals surface area (Å²) in [5, 5.41) is 0. The van der Waals surface area contributed by atoms with Crippen molar-refractivity contribution in [3.8, 4) is 5.75 Å². The minimum absolute atomic E-state index is 0.0310. The molecule has 9 nitrogen and oxygen atoms in total. The van der Waals surface area contributed by atoms with Crippen molar-refractivity contribution in [2.24, 2.45) is 0 Å². The van der Waals surface area contributed by atoms with E-state index in [-0.39, 0.29) is 22.1 Å². The number of anilines is 1. The topological polar surface area (TPSA) is 124 Å². The molecule has 10 heteroatoms. The number of hydrogen-bond donors (Lipinski definition) is 3. The Hall–Kier alpha value is -4.05. The van der Waals surface area contributed by atoms with Crippen LogP contribution in [0.25, 0.3) is 11.0 Å². The lowest BCUT2D eigenvalue weighted by Crippen LogP contribution is -2.36. The van der Waals surface area contributed by atoms with E-state index in [1.807, 2.05) is 18.2 Å². The predicted molar refractivity (Wildman–Crippen MR) is 128 cm³/mol. The van der Waals surface area contributed by atoms with Gasteiger partial charge < -0.3 is 19.6 Å². The van der Waals surface area contributed by atoms with Gasteiger partial charge in [-0.1, -0.05) is 18.2 Å². The van der Waals surface area contributed by atoms with E-state index in [0.29, 0.717) is 30.5 Å². The summed E-state index contributed by atoms with van der Waals surface area (Å²) in [6.45, 7) is 0.931. The van der Waals surface area contributed by atoms with Gasteiger partial charge in [0.15, 0.2) is 0 Å². The van der Waals surface area contributed by atoms with Gasteiger partial charge in [0.2, 0.25) is 0 Å². The zero-order chi connectivity index (χ0) is 23.9. The zero-order valence-corrected chi connectivity index (χ0v) is 19.1. The highest BCUT2D eigenvalue weighted by Gasteiger charge is 2.25. The van der Waals surface area contributed by atoms with Crippen LogP contribution in [0.15, 0.2) is 70.4 Å². The van der Waals surface area contributed by atoms with Crippen LogP contribution in [0, 0.1) is 0 Å². The van der Waals surface area contributed by atoms with Crippen LogP contribution in [0.5, 0.6) is 5.75 Å². The monoisotopic (exact) mass is 478 g/mol. The molecule has 0 saturated heterocycles. The number of imidazole rings is 1. The van der Waals surface area contributed by atoms with Gasteiger partial charge >= 0.3 is 5.69 Å². The van der Waals surface area contributed by atoms with Crippen LogP contribution >= 0.6 is 0 Å². The van der Waals surface area contributed by atoms with E-state index in [0.717, 1.165) is 16.9 Å². The van der Waals surface area contributed by atoms with Gasteiger partial charge in [-0.2, -0.15) is 0 Å². The molecular formula is C24H22N4O5S. The molecule has 0 saturated carbocycles. The maximum absolute atomic E-state index is 13.4. The SMILES string of the molecule is COc1ccc2c(c1)CN(C(=O)c1ccccc1NS(=O)(=O)c1ccc3[nH]c(=O)[nH]c3c1)CC2. The first kappa shape index (κ1) is 21.8. The number of rotatable bonds is 5. The number of hydrogen-bond acceptors (Lipinski definition) is 5. The van der Waals surface area contributed by atoms with Gasteiger partial charge in [-0.3, -0.25) is 9.52 Å². The summed E-state index contributed by atoms with van der Waals surface area (Å²) in [6, 6.07) is 16.6. The number of fused-ring (bicyclic) bond motifs is 2. The highest BCUT2D eigenvalue weighted by molar-refractivity contribution is 7.92. The Kier molecular flexibility index (Phi) is 5.37. The molecule has 5 rings (SSSR count). The van der Waals surface area contributed by atoms with E-state index in [2.05, 4.69) is 14.7 Å². The molecule has 1 aromatic heterocycles. The number of aromatic nitrogens is 2. The van der Waals surface area contributed by atoms with E-state index in [1.165, 1.54) is 18.2 Å². The van der Waals surface area contributed by atoms with Crippen molar-refractivity contribution in [1.82, 2.24) is 14.9 Å². The molecule has 0 aliphatic carbocycles. The van der Waals surface area contributed by atoms with Crippen molar-refractivity contribution in [2.45, 2.75) is 17.9 Å². The van der Waals surface area contributed by atoms with Crippen LogP contribution in [0.1, 0.15) is 21.5 Å². The lowest BCUT2D eigenvalue weighted by molar-refractivity contribution is 0.0735. The van der Waals surface area contributed by atoms with Crippen molar-refractivity contribution in [3.63, 3.8) is 0 Å². The largest absolute Gasteiger partial charge is 0.497 e. The Morgan fingerprint density at radius 1 is 1.00 bits per heavy atom. The molecule has 4 aromatic rings. The Morgan fingerprint density at radius 2 is 1.79 bits per heavy atom. The second kappa shape index (κ2) is 8.38. The van der Waals surface area contributed by atoms with Crippen LogP contribution in [0.2, 0.25) is 0 Å². The molecule has 0 atom stereocenters. The first-order valence-corrected chi connectivity index (χ1v) is 12.1. The molecule has 0 radical (unpaired) electrons. The molecular weight excluding hydrogens is 456 g/mol. The summed E-state index contributed by atoms with van der Waals surface area (Å²) in [4.78, 5) is 31.7. The molecule has 34 heavy (non-hydrogen) atoms. The van der Waals surface area contributed by atoms with Crippen molar-refractivity contribution in [3.05, 3.63) is 87.8 Å². The summed E-state index contributed by atoms with van der Waals surface area (Å²) in [6.07, 6.45) is 0.702.